The van der Waals surface area contributed by atoms with Crippen molar-refractivity contribution in [3.63, 3.8) is 0 Å². The van der Waals surface area contributed by atoms with Crippen LogP contribution < -0.4 is 10.2 Å². The van der Waals surface area contributed by atoms with Gasteiger partial charge < -0.3 is 24.6 Å². The number of carbonyl (C=O) groups is 2. The van der Waals surface area contributed by atoms with Crippen LogP contribution in [-0.4, -0.2) is 97.5 Å². The van der Waals surface area contributed by atoms with E-state index in [1.54, 1.807) is 11.0 Å². The molecule has 0 aliphatic carbocycles. The van der Waals surface area contributed by atoms with Gasteiger partial charge in [0.05, 0.1) is 19.3 Å². The van der Waals surface area contributed by atoms with Crippen molar-refractivity contribution in [2.24, 2.45) is 0 Å². The fourth-order valence-electron chi connectivity index (χ4n) is 4.19. The van der Waals surface area contributed by atoms with E-state index in [-0.39, 0.29) is 18.1 Å². The second-order valence-corrected chi connectivity index (χ2v) is 10.1. The van der Waals surface area contributed by atoms with Gasteiger partial charge in [0.15, 0.2) is 0 Å². The van der Waals surface area contributed by atoms with E-state index in [0.717, 1.165) is 57.8 Å². The van der Waals surface area contributed by atoms with Crippen molar-refractivity contribution in [2.45, 2.75) is 58.7 Å². The lowest BCUT2D eigenvalue weighted by atomic mass is 10.2. The summed E-state index contributed by atoms with van der Waals surface area (Å²) in [6.45, 7) is 14.4. The second kappa shape index (κ2) is 12.4. The SMILES string of the molecule is CCCCNC(=O)c1cccc(N2CCCN(CC3CN(C(=O)OC(C)(C)C)CCO3)CC2)n1. The zero-order valence-electron chi connectivity index (χ0n) is 21.2. The Morgan fingerprint density at radius 1 is 1.18 bits per heavy atom. The third-order valence-electron chi connectivity index (χ3n) is 5.95. The molecule has 9 nitrogen and oxygen atoms in total. The van der Waals surface area contributed by atoms with Gasteiger partial charge in [-0.25, -0.2) is 9.78 Å². The van der Waals surface area contributed by atoms with E-state index in [2.05, 4.69) is 27.0 Å². The fraction of sp³-hybridized carbons (Fsp3) is 0.720. The number of nitrogens with zero attached hydrogens (tertiary/aromatic N) is 4. The molecule has 9 heteroatoms. The number of hydrogen-bond acceptors (Lipinski definition) is 7. The molecular weight excluding hydrogens is 434 g/mol. The van der Waals surface area contributed by atoms with Crippen molar-refractivity contribution in [3.8, 4) is 0 Å². The lowest BCUT2D eigenvalue weighted by Crippen LogP contribution is -2.51. The lowest BCUT2D eigenvalue weighted by Gasteiger charge is -2.36. The molecule has 2 fully saturated rings. The Labute approximate surface area is 203 Å². The molecule has 1 atom stereocenters. The molecule has 3 rings (SSSR count). The third kappa shape index (κ3) is 8.13. The summed E-state index contributed by atoms with van der Waals surface area (Å²) in [5.41, 5.74) is -0.0340. The molecule has 1 aromatic heterocycles. The van der Waals surface area contributed by atoms with Gasteiger partial charge in [0.2, 0.25) is 0 Å². The molecular formula is C25H41N5O4. The summed E-state index contributed by atoms with van der Waals surface area (Å²) in [4.78, 5) is 35.9. The molecule has 3 heterocycles. The highest BCUT2D eigenvalue weighted by molar-refractivity contribution is 5.92. The van der Waals surface area contributed by atoms with Crippen LogP contribution in [0.3, 0.4) is 0 Å². The summed E-state index contributed by atoms with van der Waals surface area (Å²) in [5.74, 6) is 0.728. The van der Waals surface area contributed by atoms with E-state index >= 15 is 0 Å². The molecule has 2 saturated heterocycles. The summed E-state index contributed by atoms with van der Waals surface area (Å²) in [6, 6.07) is 5.65. The Morgan fingerprint density at radius 2 is 2.00 bits per heavy atom. The summed E-state index contributed by atoms with van der Waals surface area (Å²) in [6.07, 6.45) is 2.71. The van der Waals surface area contributed by atoms with Gasteiger partial charge in [0.1, 0.15) is 17.1 Å². The van der Waals surface area contributed by atoms with Gasteiger partial charge in [-0.2, -0.15) is 0 Å². The van der Waals surface area contributed by atoms with E-state index in [0.29, 0.717) is 31.9 Å². The Bertz CT molecular complexity index is 813. The van der Waals surface area contributed by atoms with E-state index in [1.165, 1.54) is 0 Å². The highest BCUT2D eigenvalue weighted by atomic mass is 16.6. The van der Waals surface area contributed by atoms with Crippen molar-refractivity contribution in [3.05, 3.63) is 23.9 Å². The molecule has 1 unspecified atom stereocenters. The van der Waals surface area contributed by atoms with Gasteiger partial charge in [-0.05, 0) is 52.3 Å². The van der Waals surface area contributed by atoms with E-state index in [1.807, 2.05) is 32.9 Å². The highest BCUT2D eigenvalue weighted by Gasteiger charge is 2.29. The fourth-order valence-corrected chi connectivity index (χ4v) is 4.19. The number of nitrogens with one attached hydrogen (secondary N) is 1. The van der Waals surface area contributed by atoms with E-state index in [9.17, 15) is 9.59 Å². The summed E-state index contributed by atoms with van der Waals surface area (Å²) in [7, 11) is 0. The lowest BCUT2D eigenvalue weighted by molar-refractivity contribution is -0.0517. The first-order valence-corrected chi connectivity index (χ1v) is 12.6. The Kier molecular flexibility index (Phi) is 9.53. The molecule has 0 spiro atoms. The number of rotatable bonds is 7. The van der Waals surface area contributed by atoms with Crippen LogP contribution in [0.1, 0.15) is 57.4 Å². The van der Waals surface area contributed by atoms with Crippen LogP contribution in [0, 0.1) is 0 Å². The van der Waals surface area contributed by atoms with Crippen LogP contribution in [0.5, 0.6) is 0 Å². The maximum atomic E-state index is 12.4. The van der Waals surface area contributed by atoms with Gasteiger partial charge in [-0.1, -0.05) is 19.4 Å². The van der Waals surface area contributed by atoms with Crippen LogP contribution in [-0.2, 0) is 9.47 Å². The molecule has 0 aromatic carbocycles. The molecule has 2 aliphatic heterocycles. The minimum Gasteiger partial charge on any atom is -0.444 e. The number of amides is 2. The molecule has 1 N–H and O–H groups in total. The number of hydrogen-bond donors (Lipinski definition) is 1. The smallest absolute Gasteiger partial charge is 0.410 e. The summed E-state index contributed by atoms with van der Waals surface area (Å²) < 4.78 is 11.5. The summed E-state index contributed by atoms with van der Waals surface area (Å²) >= 11 is 0. The molecule has 1 aromatic rings. The minimum atomic E-state index is -0.499. The Balaban J connectivity index is 1.51. The number of pyridine rings is 1. The van der Waals surface area contributed by atoms with Gasteiger partial charge in [-0.15, -0.1) is 0 Å². The zero-order valence-corrected chi connectivity index (χ0v) is 21.2. The van der Waals surface area contributed by atoms with Crippen LogP contribution in [0.2, 0.25) is 0 Å². The van der Waals surface area contributed by atoms with Crippen molar-refractivity contribution >= 4 is 17.8 Å². The topological polar surface area (TPSA) is 87.2 Å². The van der Waals surface area contributed by atoms with Gasteiger partial charge >= 0.3 is 6.09 Å². The Morgan fingerprint density at radius 3 is 2.76 bits per heavy atom. The van der Waals surface area contributed by atoms with E-state index < -0.39 is 5.60 Å². The monoisotopic (exact) mass is 475 g/mol. The first-order valence-electron chi connectivity index (χ1n) is 12.6. The van der Waals surface area contributed by atoms with Crippen LogP contribution >= 0.6 is 0 Å². The van der Waals surface area contributed by atoms with E-state index in [4.69, 9.17) is 9.47 Å². The molecule has 34 heavy (non-hydrogen) atoms. The maximum Gasteiger partial charge on any atom is 0.410 e. The summed E-state index contributed by atoms with van der Waals surface area (Å²) in [5, 5.41) is 2.94. The first-order chi connectivity index (χ1) is 16.2. The van der Waals surface area contributed by atoms with Gasteiger partial charge in [0.25, 0.3) is 5.91 Å². The van der Waals surface area contributed by atoms with Crippen molar-refractivity contribution in [1.82, 2.24) is 20.1 Å². The van der Waals surface area contributed by atoms with Crippen molar-refractivity contribution in [1.29, 1.82) is 0 Å². The number of unbranched alkanes of at least 4 members (excludes halogenated alkanes) is 1. The predicted molar refractivity (Wildman–Crippen MR) is 132 cm³/mol. The normalized spacial score (nSPS) is 20.1. The van der Waals surface area contributed by atoms with Crippen molar-refractivity contribution in [2.75, 3.05) is 63.9 Å². The minimum absolute atomic E-state index is 0.0268. The first kappa shape index (κ1) is 26.2. The zero-order chi connectivity index (χ0) is 24.6. The largest absolute Gasteiger partial charge is 0.444 e. The quantitative estimate of drug-likeness (QED) is 0.607. The molecule has 0 bridgehead atoms. The molecule has 2 aliphatic rings. The molecule has 0 saturated carbocycles. The second-order valence-electron chi connectivity index (χ2n) is 10.1. The van der Waals surface area contributed by atoms with Gasteiger partial charge in [-0.3, -0.25) is 9.69 Å². The van der Waals surface area contributed by atoms with Crippen molar-refractivity contribution < 1.29 is 19.1 Å². The number of carbonyl (C=O) groups excluding carboxylic acids is 2. The Hall–Kier alpha value is -2.39. The predicted octanol–water partition coefficient (Wildman–Crippen LogP) is 2.76. The van der Waals surface area contributed by atoms with Gasteiger partial charge in [0, 0.05) is 39.3 Å². The van der Waals surface area contributed by atoms with Crippen LogP contribution in [0.25, 0.3) is 0 Å². The number of morpholine rings is 1. The molecule has 2 amide bonds. The maximum absolute atomic E-state index is 12.4. The van der Waals surface area contributed by atoms with Crippen LogP contribution in [0.4, 0.5) is 10.6 Å². The number of ether oxygens (including phenoxy) is 2. The standard InChI is InChI=1S/C25H41N5O4/c1-5-6-11-26-23(31)21-9-7-10-22(27-21)29-13-8-12-28(14-15-29)18-20-19-30(16-17-33-20)24(32)34-25(2,3)4/h7,9-10,20H,5-6,8,11-19H2,1-4H3,(H,26,31). The molecule has 0 radical (unpaired) electrons. The average Bonchev–Trinajstić information content (AvgIpc) is 3.04. The number of aromatic nitrogens is 1. The highest BCUT2D eigenvalue weighted by Crippen LogP contribution is 2.17. The van der Waals surface area contributed by atoms with Crippen LogP contribution in [0.15, 0.2) is 18.2 Å². The molecule has 190 valence electrons. The number of anilines is 1. The average molecular weight is 476 g/mol. The third-order valence-corrected chi connectivity index (χ3v) is 5.95.